The Balaban J connectivity index is 2.56. The van der Waals surface area contributed by atoms with Gasteiger partial charge in [-0.15, -0.1) is 0 Å². The summed E-state index contributed by atoms with van der Waals surface area (Å²) in [5.41, 5.74) is 0.715. The van der Waals surface area contributed by atoms with Crippen molar-refractivity contribution in [1.82, 2.24) is 10.2 Å². The average molecular weight is 250 g/mol. The molecule has 5 heteroatoms. The molecule has 0 bridgehead atoms. The van der Waals surface area contributed by atoms with Crippen molar-refractivity contribution in [2.75, 3.05) is 27.2 Å². The zero-order valence-electron chi connectivity index (χ0n) is 10.6. The lowest BCUT2D eigenvalue weighted by atomic mass is 10.0. The van der Waals surface area contributed by atoms with Crippen LogP contribution in [0.25, 0.3) is 0 Å². The lowest BCUT2D eigenvalue weighted by Gasteiger charge is -2.11. The van der Waals surface area contributed by atoms with Crippen molar-refractivity contribution in [2.24, 2.45) is 0 Å². The number of nitrogens with zero attached hydrogens (tertiary/aromatic N) is 1. The maximum atomic E-state index is 11.6. The van der Waals surface area contributed by atoms with Gasteiger partial charge in [-0.1, -0.05) is 18.2 Å². The number of carbonyl (C=O) groups excluding carboxylic acids is 1. The van der Waals surface area contributed by atoms with Gasteiger partial charge in [0.2, 0.25) is 5.91 Å². The number of likely N-dealkylation sites (N-methyl/N-ethyl adjacent to an activating group) is 1. The number of nitrogens with one attached hydrogen (secondary N) is 1. The van der Waals surface area contributed by atoms with Gasteiger partial charge in [0.1, 0.15) is 0 Å². The van der Waals surface area contributed by atoms with E-state index in [1.54, 1.807) is 18.2 Å². The molecule has 0 aromatic heterocycles. The Morgan fingerprint density at radius 3 is 2.56 bits per heavy atom. The zero-order chi connectivity index (χ0) is 13.5. The fourth-order valence-electron chi connectivity index (χ4n) is 1.54. The lowest BCUT2D eigenvalue weighted by Crippen LogP contribution is -2.32. The standard InChI is InChI=1S/C13H18N2O3/c1-15(2)8-7-14-12(16)9-10-5-3-4-6-11(10)13(17)18/h3-6H,7-9H2,1-2H3,(H,14,16)(H,17,18). The van der Waals surface area contributed by atoms with Crippen LogP contribution in [0, 0.1) is 0 Å². The molecule has 0 unspecified atom stereocenters. The van der Waals surface area contributed by atoms with Crippen molar-refractivity contribution in [2.45, 2.75) is 6.42 Å². The van der Waals surface area contributed by atoms with Crippen molar-refractivity contribution >= 4 is 11.9 Å². The fraction of sp³-hybridized carbons (Fsp3) is 0.385. The van der Waals surface area contributed by atoms with E-state index in [2.05, 4.69) is 5.32 Å². The first-order chi connectivity index (χ1) is 8.50. The Morgan fingerprint density at radius 1 is 1.28 bits per heavy atom. The van der Waals surface area contributed by atoms with Gasteiger partial charge in [0.15, 0.2) is 0 Å². The predicted octanol–water partition coefficient (Wildman–Crippen LogP) is 0.605. The number of carboxylic acid groups (broad SMARTS) is 1. The topological polar surface area (TPSA) is 69.6 Å². The molecule has 0 fully saturated rings. The van der Waals surface area contributed by atoms with Crippen LogP contribution in [0.4, 0.5) is 0 Å². The van der Waals surface area contributed by atoms with E-state index in [4.69, 9.17) is 5.11 Å². The van der Waals surface area contributed by atoms with Gasteiger partial charge < -0.3 is 15.3 Å². The minimum atomic E-state index is -1.01. The molecule has 0 aliphatic carbocycles. The Hall–Kier alpha value is -1.88. The first-order valence-corrected chi connectivity index (χ1v) is 5.73. The molecule has 0 spiro atoms. The maximum absolute atomic E-state index is 11.6. The number of benzene rings is 1. The first-order valence-electron chi connectivity index (χ1n) is 5.73. The minimum absolute atomic E-state index is 0.0932. The van der Waals surface area contributed by atoms with Crippen LogP contribution in [0.1, 0.15) is 15.9 Å². The van der Waals surface area contributed by atoms with Crippen LogP contribution in [0.5, 0.6) is 0 Å². The van der Waals surface area contributed by atoms with Crippen molar-refractivity contribution in [3.8, 4) is 0 Å². The van der Waals surface area contributed by atoms with E-state index in [9.17, 15) is 9.59 Å². The summed E-state index contributed by atoms with van der Waals surface area (Å²) in [6, 6.07) is 6.55. The summed E-state index contributed by atoms with van der Waals surface area (Å²) in [6.07, 6.45) is 0.0932. The summed E-state index contributed by atoms with van der Waals surface area (Å²) in [7, 11) is 3.85. The summed E-state index contributed by atoms with van der Waals surface area (Å²) >= 11 is 0. The monoisotopic (exact) mass is 250 g/mol. The van der Waals surface area contributed by atoms with Gasteiger partial charge in [-0.3, -0.25) is 4.79 Å². The van der Waals surface area contributed by atoms with Gasteiger partial charge in [0.05, 0.1) is 12.0 Å². The Bertz CT molecular complexity index is 430. The summed E-state index contributed by atoms with van der Waals surface area (Å²) in [6.45, 7) is 1.31. The van der Waals surface area contributed by atoms with Crippen LogP contribution in [0.15, 0.2) is 24.3 Å². The maximum Gasteiger partial charge on any atom is 0.335 e. The van der Waals surface area contributed by atoms with E-state index in [0.29, 0.717) is 12.1 Å². The van der Waals surface area contributed by atoms with Crippen LogP contribution < -0.4 is 5.32 Å². The Labute approximate surface area is 106 Å². The van der Waals surface area contributed by atoms with Crippen LogP contribution >= 0.6 is 0 Å². The highest BCUT2D eigenvalue weighted by Gasteiger charge is 2.11. The van der Waals surface area contributed by atoms with Crippen molar-refractivity contribution in [3.05, 3.63) is 35.4 Å². The van der Waals surface area contributed by atoms with Crippen LogP contribution in [0.3, 0.4) is 0 Å². The number of rotatable bonds is 6. The molecule has 0 radical (unpaired) electrons. The third-order valence-corrected chi connectivity index (χ3v) is 2.48. The molecule has 0 saturated heterocycles. The Morgan fingerprint density at radius 2 is 1.94 bits per heavy atom. The predicted molar refractivity (Wildman–Crippen MR) is 68.7 cm³/mol. The third kappa shape index (κ3) is 4.55. The number of amides is 1. The van der Waals surface area contributed by atoms with Gasteiger partial charge >= 0.3 is 5.97 Å². The molecule has 18 heavy (non-hydrogen) atoms. The van der Waals surface area contributed by atoms with Gasteiger partial charge in [-0.2, -0.15) is 0 Å². The van der Waals surface area contributed by atoms with E-state index in [1.807, 2.05) is 19.0 Å². The Kier molecular flexibility index (Phi) is 5.32. The SMILES string of the molecule is CN(C)CCNC(=O)Cc1ccccc1C(=O)O. The molecule has 1 rings (SSSR count). The fourth-order valence-corrected chi connectivity index (χ4v) is 1.54. The average Bonchev–Trinajstić information content (AvgIpc) is 2.28. The third-order valence-electron chi connectivity index (χ3n) is 2.48. The number of carbonyl (C=O) groups is 2. The molecule has 98 valence electrons. The highest BCUT2D eigenvalue weighted by Crippen LogP contribution is 2.09. The van der Waals surface area contributed by atoms with E-state index in [0.717, 1.165) is 6.54 Å². The molecule has 0 heterocycles. The van der Waals surface area contributed by atoms with E-state index < -0.39 is 5.97 Å². The van der Waals surface area contributed by atoms with Crippen molar-refractivity contribution in [1.29, 1.82) is 0 Å². The second-order valence-electron chi connectivity index (χ2n) is 4.29. The van der Waals surface area contributed by atoms with Gasteiger partial charge in [0, 0.05) is 13.1 Å². The van der Waals surface area contributed by atoms with Crippen LogP contribution in [0.2, 0.25) is 0 Å². The number of hydrogen-bond acceptors (Lipinski definition) is 3. The number of hydrogen-bond donors (Lipinski definition) is 2. The smallest absolute Gasteiger partial charge is 0.335 e. The van der Waals surface area contributed by atoms with Crippen LogP contribution in [-0.2, 0) is 11.2 Å². The molecular weight excluding hydrogens is 232 g/mol. The highest BCUT2D eigenvalue weighted by atomic mass is 16.4. The number of carboxylic acids is 1. The first kappa shape index (κ1) is 14.2. The summed E-state index contributed by atoms with van der Waals surface area (Å²) < 4.78 is 0. The van der Waals surface area contributed by atoms with E-state index in [1.165, 1.54) is 6.07 Å². The van der Waals surface area contributed by atoms with Crippen molar-refractivity contribution < 1.29 is 14.7 Å². The molecule has 1 aromatic carbocycles. The van der Waals surface area contributed by atoms with Crippen molar-refractivity contribution in [3.63, 3.8) is 0 Å². The van der Waals surface area contributed by atoms with Gasteiger partial charge in [-0.05, 0) is 25.7 Å². The van der Waals surface area contributed by atoms with Gasteiger partial charge in [0.25, 0.3) is 0 Å². The highest BCUT2D eigenvalue weighted by molar-refractivity contribution is 5.91. The summed E-state index contributed by atoms with van der Waals surface area (Å²) in [5.74, 6) is -1.17. The molecule has 1 aromatic rings. The molecule has 5 nitrogen and oxygen atoms in total. The largest absolute Gasteiger partial charge is 0.478 e. The minimum Gasteiger partial charge on any atom is -0.478 e. The second-order valence-corrected chi connectivity index (χ2v) is 4.29. The normalized spacial score (nSPS) is 10.4. The molecule has 2 N–H and O–H groups in total. The molecule has 0 atom stereocenters. The second kappa shape index (κ2) is 6.76. The molecule has 0 aliphatic heterocycles. The van der Waals surface area contributed by atoms with E-state index in [-0.39, 0.29) is 17.9 Å². The molecule has 0 saturated carbocycles. The molecule has 1 amide bonds. The van der Waals surface area contributed by atoms with Gasteiger partial charge in [-0.25, -0.2) is 4.79 Å². The number of aromatic carboxylic acids is 1. The zero-order valence-corrected chi connectivity index (χ0v) is 10.6. The quantitative estimate of drug-likeness (QED) is 0.776. The molecule has 0 aliphatic rings. The summed E-state index contributed by atoms with van der Waals surface area (Å²) in [5, 5.41) is 11.7. The van der Waals surface area contributed by atoms with E-state index >= 15 is 0 Å². The lowest BCUT2D eigenvalue weighted by molar-refractivity contribution is -0.120. The molecular formula is C13H18N2O3. The van der Waals surface area contributed by atoms with Crippen LogP contribution in [-0.4, -0.2) is 49.1 Å². The summed E-state index contributed by atoms with van der Waals surface area (Å²) in [4.78, 5) is 24.6.